The molecule has 0 nitrogen and oxygen atoms in total. The molecule has 0 aromatic carbocycles. The highest BCUT2D eigenvalue weighted by molar-refractivity contribution is 7.84. The van der Waals surface area contributed by atoms with Crippen molar-refractivity contribution in [2.45, 2.75) is 174 Å². The molecular formula is C40H65F3S12. The van der Waals surface area contributed by atoms with E-state index in [2.05, 4.69) is 93.7 Å². The second-order valence-corrected chi connectivity index (χ2v) is 21.7. The minimum atomic E-state index is -4.37. The summed E-state index contributed by atoms with van der Waals surface area (Å²) < 4.78 is 34.8. The molecule has 0 N–H and O–H groups in total. The summed E-state index contributed by atoms with van der Waals surface area (Å²) in [7, 11) is 0. The summed E-state index contributed by atoms with van der Waals surface area (Å²) in [4.78, 5) is 9.70. The molecule has 0 aromatic heterocycles. The minimum absolute atomic E-state index is 0.102. The fourth-order valence-corrected chi connectivity index (χ4v) is 5.39. The lowest BCUT2D eigenvalue weighted by Crippen LogP contribution is -2.26. The van der Waals surface area contributed by atoms with Crippen molar-refractivity contribution in [3.05, 3.63) is 0 Å². The van der Waals surface area contributed by atoms with Gasteiger partial charge >= 0.3 is 6.18 Å². The van der Waals surface area contributed by atoms with Crippen LogP contribution < -0.4 is 0 Å². The summed E-state index contributed by atoms with van der Waals surface area (Å²) >= 11 is 58.4. The maximum absolute atomic E-state index is 11.6. The van der Waals surface area contributed by atoms with E-state index in [0.29, 0.717) is 0 Å². The molecule has 318 valence electrons. The second-order valence-electron chi connectivity index (χ2n) is 14.4. The minimum Gasteiger partial charge on any atom is -0.166 e. The largest absolute Gasteiger partial charge is 0.422 e. The van der Waals surface area contributed by atoms with Crippen molar-refractivity contribution in [3.8, 4) is 0 Å². The summed E-state index contributed by atoms with van der Waals surface area (Å²) in [5.41, 5.74) is 0.204. The molecule has 15 heteroatoms. The highest BCUT2D eigenvalue weighted by Gasteiger charge is 2.33. The van der Waals surface area contributed by atoms with Crippen LogP contribution in [0.1, 0.15) is 168 Å². The Labute approximate surface area is 399 Å². The van der Waals surface area contributed by atoms with Gasteiger partial charge < -0.3 is 0 Å². The topological polar surface area (TPSA) is 0 Å². The maximum Gasteiger partial charge on any atom is 0.422 e. The zero-order valence-corrected chi connectivity index (χ0v) is 45.4. The van der Waals surface area contributed by atoms with Crippen LogP contribution in [-0.2, 0) is 0 Å². The lowest BCUT2D eigenvalue weighted by atomic mass is 9.83. The third kappa shape index (κ3) is 59.3. The van der Waals surface area contributed by atoms with E-state index in [4.69, 9.17) is 122 Å². The van der Waals surface area contributed by atoms with Crippen LogP contribution in [0.3, 0.4) is 0 Å². The number of rotatable bonds is 16. The van der Waals surface area contributed by atoms with Gasteiger partial charge in [0.2, 0.25) is 0 Å². The van der Waals surface area contributed by atoms with Crippen LogP contribution in [0.2, 0.25) is 0 Å². The molecule has 0 amide bonds. The summed E-state index contributed by atoms with van der Waals surface area (Å²) in [6.45, 7) is 30.2. The third-order valence-electron chi connectivity index (χ3n) is 6.08. The Morgan fingerprint density at radius 3 is 0.655 bits per heavy atom. The van der Waals surface area contributed by atoms with Crippen LogP contribution in [0.5, 0.6) is 0 Å². The first-order valence-electron chi connectivity index (χ1n) is 17.8. The SMILES string of the molecule is CC(=S)CC(=S)C(F)(F)F.CC(=S)CC(C)=S.CC(C)(C)C(=S)CC(=S)C(C)(C)C.CCC(=S)CC(=S)CC.CCC(=S)CC(C)=S.CCC(=S)CC(C)=S. The highest BCUT2D eigenvalue weighted by atomic mass is 32.1. The molecule has 0 heterocycles. The van der Waals surface area contributed by atoms with Crippen LogP contribution in [0.25, 0.3) is 0 Å². The predicted octanol–water partition coefficient (Wildman–Crippen LogP) is 17.1. The van der Waals surface area contributed by atoms with Gasteiger partial charge in [-0.1, -0.05) is 216 Å². The Kier molecular flexibility index (Phi) is 46.5. The van der Waals surface area contributed by atoms with E-state index < -0.39 is 11.0 Å². The molecule has 0 bridgehead atoms. The Bertz CT molecular complexity index is 1230. The Balaban J connectivity index is -0.000000133. The van der Waals surface area contributed by atoms with E-state index in [1.807, 2.05) is 27.7 Å². The molecule has 0 fully saturated rings. The van der Waals surface area contributed by atoms with Crippen molar-refractivity contribution in [2.75, 3.05) is 0 Å². The fraction of sp³-hybridized carbons (Fsp3) is 0.700. The van der Waals surface area contributed by atoms with Gasteiger partial charge in [-0.3, -0.25) is 0 Å². The van der Waals surface area contributed by atoms with Gasteiger partial charge in [0.15, 0.2) is 0 Å². The van der Waals surface area contributed by atoms with Gasteiger partial charge in [-0.05, 0) is 115 Å². The number of halogens is 3. The van der Waals surface area contributed by atoms with E-state index in [9.17, 15) is 13.2 Å². The first-order chi connectivity index (χ1) is 24.5. The quantitative estimate of drug-likeness (QED) is 0.135. The number of alkyl halides is 3. The van der Waals surface area contributed by atoms with E-state index in [1.165, 1.54) is 6.92 Å². The molecule has 0 saturated carbocycles. The van der Waals surface area contributed by atoms with Gasteiger partial charge in [0.25, 0.3) is 0 Å². The predicted molar refractivity (Wildman–Crippen MR) is 293 cm³/mol. The second kappa shape index (κ2) is 37.8. The lowest BCUT2D eigenvalue weighted by Gasteiger charge is -2.25. The van der Waals surface area contributed by atoms with Crippen LogP contribution >= 0.6 is 147 Å². The summed E-state index contributed by atoms with van der Waals surface area (Å²) in [5, 5.41) is 0. The van der Waals surface area contributed by atoms with Gasteiger partial charge in [-0.25, -0.2) is 0 Å². The Morgan fingerprint density at radius 2 is 0.545 bits per heavy atom. The van der Waals surface area contributed by atoms with Crippen molar-refractivity contribution in [1.82, 2.24) is 0 Å². The van der Waals surface area contributed by atoms with E-state index in [-0.39, 0.29) is 22.1 Å². The standard InChI is InChI=1S/C11H20S2.C7H12S2.2C6H10S2.C5H5F3S2.C5H8S2/c1-10(2,3)8(12)7-9(13)11(4,5)6;1-3-6(8)5-7(9)4-2;2*1-3-6(8)4-5(2)7;1-3(9)2-4(10)5(6,7)8;1-4(6)3-5(2)7/h7H2,1-6H3;3-5H2,1-2H3;2*3-4H2,1-2H3;2H2,1H3;3H2,1-2H3. The average Bonchev–Trinajstić information content (AvgIpc) is 2.99. The lowest BCUT2D eigenvalue weighted by molar-refractivity contribution is -0.0572. The van der Waals surface area contributed by atoms with Crippen LogP contribution in [0.4, 0.5) is 13.2 Å². The van der Waals surface area contributed by atoms with Crippen LogP contribution in [0, 0.1) is 10.8 Å². The third-order valence-corrected chi connectivity index (χ3v) is 10.4. The van der Waals surface area contributed by atoms with Crippen LogP contribution in [0.15, 0.2) is 0 Å². The number of thiocarbonyl (C=S) groups is 12. The number of hydrogen-bond acceptors (Lipinski definition) is 12. The normalized spacial score (nSPS) is 10.1. The van der Waals surface area contributed by atoms with Gasteiger partial charge in [0, 0.05) is 48.3 Å². The van der Waals surface area contributed by atoms with Crippen molar-refractivity contribution in [3.63, 3.8) is 0 Å². The molecule has 0 aromatic rings. The average molecular weight is 988 g/mol. The fourth-order valence-electron chi connectivity index (χ4n) is 2.63. The van der Waals surface area contributed by atoms with Crippen LogP contribution in [-0.4, -0.2) is 64.6 Å². The maximum atomic E-state index is 11.6. The van der Waals surface area contributed by atoms with E-state index >= 15 is 0 Å². The molecule has 0 radical (unpaired) electrons. The molecular weight excluding hydrogens is 922 g/mol. The van der Waals surface area contributed by atoms with E-state index in [0.717, 1.165) is 106 Å². The van der Waals surface area contributed by atoms with Crippen molar-refractivity contribution in [2.24, 2.45) is 10.8 Å². The number of hydrogen-bond donors (Lipinski definition) is 0. The van der Waals surface area contributed by atoms with Crippen molar-refractivity contribution < 1.29 is 13.2 Å². The molecule has 55 heavy (non-hydrogen) atoms. The molecule has 0 aliphatic rings. The van der Waals surface area contributed by atoms with Crippen molar-refractivity contribution >= 4 is 205 Å². The first kappa shape index (κ1) is 67.6. The molecule has 0 unspecified atom stereocenters. The molecule has 0 rings (SSSR count). The Morgan fingerprint density at radius 1 is 0.327 bits per heavy atom. The molecule has 0 spiro atoms. The monoisotopic (exact) mass is 986 g/mol. The van der Waals surface area contributed by atoms with E-state index in [1.54, 1.807) is 0 Å². The van der Waals surface area contributed by atoms with Gasteiger partial charge in [-0.2, -0.15) is 13.2 Å². The van der Waals surface area contributed by atoms with Gasteiger partial charge in [0.05, 0.1) is 0 Å². The molecule has 0 saturated heterocycles. The zero-order valence-electron chi connectivity index (χ0n) is 35.6. The van der Waals surface area contributed by atoms with Crippen molar-refractivity contribution in [1.29, 1.82) is 0 Å². The zero-order chi connectivity index (χ0) is 45.5. The van der Waals surface area contributed by atoms with Gasteiger partial charge in [0.1, 0.15) is 4.86 Å². The first-order valence-corrected chi connectivity index (χ1v) is 22.7. The Hall–Kier alpha value is 0.870. The highest BCUT2D eigenvalue weighted by Crippen LogP contribution is 2.25. The summed E-state index contributed by atoms with van der Waals surface area (Å²) in [5.74, 6) is 0. The smallest absolute Gasteiger partial charge is 0.166 e. The summed E-state index contributed by atoms with van der Waals surface area (Å²) in [6, 6.07) is 0. The molecule has 0 aliphatic heterocycles. The molecule has 0 aliphatic carbocycles. The summed E-state index contributed by atoms with van der Waals surface area (Å²) in [6.07, 6.45) is 3.43. The van der Waals surface area contributed by atoms with Gasteiger partial charge in [-0.15, -0.1) is 0 Å². The molecule has 0 atom stereocenters.